The molecule has 1 aromatic heterocycles. The van der Waals surface area contributed by atoms with Gasteiger partial charge in [-0.25, -0.2) is 0 Å². The summed E-state index contributed by atoms with van der Waals surface area (Å²) >= 11 is 13.3. The van der Waals surface area contributed by atoms with Crippen LogP contribution in [0.5, 0.6) is 0 Å². The minimum atomic E-state index is 0.0146. The van der Waals surface area contributed by atoms with Crippen molar-refractivity contribution in [3.63, 3.8) is 0 Å². The molecule has 0 spiro atoms. The summed E-state index contributed by atoms with van der Waals surface area (Å²) in [4.78, 5) is 13.6. The summed E-state index contributed by atoms with van der Waals surface area (Å²) in [6, 6.07) is 1.86. The van der Waals surface area contributed by atoms with Gasteiger partial charge in [0.25, 0.3) is 0 Å². The number of hydrogen-bond donors (Lipinski definition) is 1. The Morgan fingerprint density at radius 2 is 2.06 bits per heavy atom. The molecule has 1 rings (SSSR count). The van der Waals surface area contributed by atoms with E-state index in [4.69, 9.17) is 23.2 Å². The molecule has 1 unspecified atom stereocenters. The maximum Gasteiger partial charge on any atom is 0.236 e. The van der Waals surface area contributed by atoms with Gasteiger partial charge in [-0.1, -0.05) is 23.2 Å². The second kappa shape index (κ2) is 7.34. The molecule has 1 aromatic rings. The predicted molar refractivity (Wildman–Crippen MR) is 78.7 cm³/mol. The molecule has 0 aliphatic rings. The van der Waals surface area contributed by atoms with Gasteiger partial charge in [0, 0.05) is 19.1 Å². The minimum Gasteiger partial charge on any atom is -0.342 e. The van der Waals surface area contributed by atoms with E-state index in [0.29, 0.717) is 15.2 Å². The quantitative estimate of drug-likeness (QED) is 0.871. The lowest BCUT2D eigenvalue weighted by atomic mass is 10.2. The van der Waals surface area contributed by atoms with Crippen LogP contribution in [-0.4, -0.2) is 30.4 Å². The van der Waals surface area contributed by atoms with E-state index in [1.165, 1.54) is 11.3 Å². The van der Waals surface area contributed by atoms with Crippen LogP contribution in [-0.2, 0) is 4.79 Å². The lowest BCUT2D eigenvalue weighted by Gasteiger charge is -2.20. The van der Waals surface area contributed by atoms with Crippen molar-refractivity contribution in [3.8, 4) is 0 Å². The first-order chi connectivity index (χ1) is 8.49. The average Bonchev–Trinajstić information content (AvgIpc) is 2.67. The molecular formula is C12H18Cl2N2OS. The highest BCUT2D eigenvalue weighted by atomic mass is 35.5. The van der Waals surface area contributed by atoms with Crippen molar-refractivity contribution < 1.29 is 4.79 Å². The smallest absolute Gasteiger partial charge is 0.236 e. The fraction of sp³-hybridized carbons (Fsp3) is 0.583. The van der Waals surface area contributed by atoms with Crippen molar-refractivity contribution in [2.45, 2.75) is 26.8 Å². The molecular weight excluding hydrogens is 291 g/mol. The van der Waals surface area contributed by atoms with Crippen molar-refractivity contribution in [1.82, 2.24) is 10.2 Å². The largest absolute Gasteiger partial charge is 0.342 e. The molecule has 6 heteroatoms. The van der Waals surface area contributed by atoms with Crippen molar-refractivity contribution >= 4 is 40.4 Å². The summed E-state index contributed by atoms with van der Waals surface area (Å²) in [5, 5.41) is 3.17. The average molecular weight is 309 g/mol. The zero-order valence-corrected chi connectivity index (χ0v) is 13.1. The molecule has 1 N–H and O–H groups in total. The van der Waals surface area contributed by atoms with E-state index >= 15 is 0 Å². The summed E-state index contributed by atoms with van der Waals surface area (Å²) in [7, 11) is 0. The second-order valence-electron chi connectivity index (χ2n) is 3.95. The fourth-order valence-electron chi connectivity index (χ4n) is 1.69. The van der Waals surface area contributed by atoms with E-state index in [1.807, 2.05) is 26.8 Å². The van der Waals surface area contributed by atoms with E-state index in [-0.39, 0.29) is 11.9 Å². The van der Waals surface area contributed by atoms with Crippen LogP contribution >= 0.6 is 34.5 Å². The van der Waals surface area contributed by atoms with Crippen molar-refractivity contribution in [2.24, 2.45) is 0 Å². The summed E-state index contributed by atoms with van der Waals surface area (Å²) in [5.74, 6) is 0.101. The molecule has 1 amide bonds. The van der Waals surface area contributed by atoms with Gasteiger partial charge in [0.05, 0.1) is 15.2 Å². The van der Waals surface area contributed by atoms with Crippen molar-refractivity contribution in [2.75, 3.05) is 19.6 Å². The van der Waals surface area contributed by atoms with Crippen LogP contribution in [0.4, 0.5) is 0 Å². The number of nitrogens with zero attached hydrogens (tertiary/aromatic N) is 1. The summed E-state index contributed by atoms with van der Waals surface area (Å²) < 4.78 is 1.34. The minimum absolute atomic E-state index is 0.0146. The zero-order chi connectivity index (χ0) is 13.7. The fourth-order valence-corrected chi connectivity index (χ4v) is 3.33. The zero-order valence-electron chi connectivity index (χ0n) is 10.8. The maximum absolute atomic E-state index is 11.8. The standard InChI is InChI=1S/C12H18Cl2N2OS/c1-4-16(5-2)11(17)7-15-8(3)9-6-10(13)18-12(9)14/h6,8,15H,4-5,7H2,1-3H3. The van der Waals surface area contributed by atoms with E-state index in [2.05, 4.69) is 5.32 Å². The van der Waals surface area contributed by atoms with Gasteiger partial charge >= 0.3 is 0 Å². The van der Waals surface area contributed by atoms with E-state index in [0.717, 1.165) is 18.7 Å². The molecule has 0 saturated carbocycles. The Hall–Kier alpha value is -0.290. The maximum atomic E-state index is 11.8. The molecule has 0 radical (unpaired) electrons. The number of rotatable bonds is 6. The van der Waals surface area contributed by atoms with Crippen molar-refractivity contribution in [1.29, 1.82) is 0 Å². The first-order valence-electron chi connectivity index (χ1n) is 5.95. The molecule has 18 heavy (non-hydrogen) atoms. The van der Waals surface area contributed by atoms with Gasteiger partial charge in [-0.05, 0) is 32.4 Å². The number of carbonyl (C=O) groups excluding carboxylic acids is 1. The number of carbonyl (C=O) groups is 1. The highest BCUT2D eigenvalue weighted by molar-refractivity contribution is 7.20. The van der Waals surface area contributed by atoms with Crippen LogP contribution in [0.3, 0.4) is 0 Å². The number of thiophene rings is 1. The van der Waals surface area contributed by atoms with Crippen molar-refractivity contribution in [3.05, 3.63) is 20.3 Å². The lowest BCUT2D eigenvalue weighted by molar-refractivity contribution is -0.129. The number of amides is 1. The van der Waals surface area contributed by atoms with E-state index in [9.17, 15) is 4.79 Å². The monoisotopic (exact) mass is 308 g/mol. The third-order valence-electron chi connectivity index (χ3n) is 2.83. The van der Waals surface area contributed by atoms with Gasteiger partial charge in [0.15, 0.2) is 0 Å². The Labute approximate surface area is 122 Å². The van der Waals surface area contributed by atoms with Gasteiger partial charge in [0.2, 0.25) is 5.91 Å². The second-order valence-corrected chi connectivity index (χ2v) is 6.23. The Morgan fingerprint density at radius 1 is 1.44 bits per heavy atom. The van der Waals surface area contributed by atoms with Gasteiger partial charge in [-0.3, -0.25) is 4.79 Å². The van der Waals surface area contributed by atoms with Crippen LogP contribution in [0, 0.1) is 0 Å². The first kappa shape index (κ1) is 15.8. The van der Waals surface area contributed by atoms with E-state index in [1.54, 1.807) is 4.90 Å². The highest BCUT2D eigenvalue weighted by Crippen LogP contribution is 2.34. The highest BCUT2D eigenvalue weighted by Gasteiger charge is 2.15. The molecule has 0 aliphatic carbocycles. The Kier molecular flexibility index (Phi) is 6.43. The molecule has 0 fully saturated rings. The van der Waals surface area contributed by atoms with Crippen LogP contribution in [0.25, 0.3) is 0 Å². The molecule has 0 aromatic carbocycles. The Morgan fingerprint density at radius 3 is 2.50 bits per heavy atom. The molecule has 0 bridgehead atoms. The van der Waals surface area contributed by atoms with Crippen LogP contribution in [0.2, 0.25) is 8.67 Å². The van der Waals surface area contributed by atoms with Gasteiger partial charge in [0.1, 0.15) is 0 Å². The summed E-state index contributed by atoms with van der Waals surface area (Å²) in [6.07, 6.45) is 0. The lowest BCUT2D eigenvalue weighted by Crippen LogP contribution is -2.38. The molecule has 3 nitrogen and oxygen atoms in total. The van der Waals surface area contributed by atoms with Gasteiger partial charge in [-0.2, -0.15) is 0 Å². The van der Waals surface area contributed by atoms with Gasteiger partial charge in [-0.15, -0.1) is 11.3 Å². The third-order valence-corrected chi connectivity index (χ3v) is 4.34. The number of hydrogen-bond acceptors (Lipinski definition) is 3. The van der Waals surface area contributed by atoms with Gasteiger partial charge < -0.3 is 10.2 Å². The molecule has 1 atom stereocenters. The molecule has 0 aliphatic heterocycles. The Bertz CT molecular complexity index is 405. The normalized spacial score (nSPS) is 12.5. The molecule has 102 valence electrons. The summed E-state index contributed by atoms with van der Waals surface area (Å²) in [5.41, 5.74) is 0.944. The number of likely N-dealkylation sites (N-methyl/N-ethyl adjacent to an activating group) is 1. The van der Waals surface area contributed by atoms with Crippen LogP contribution < -0.4 is 5.32 Å². The van der Waals surface area contributed by atoms with Crippen LogP contribution in [0.15, 0.2) is 6.07 Å². The Balaban J connectivity index is 2.53. The van der Waals surface area contributed by atoms with Crippen LogP contribution in [0.1, 0.15) is 32.4 Å². The topological polar surface area (TPSA) is 32.3 Å². The summed E-state index contributed by atoms with van der Waals surface area (Å²) in [6.45, 7) is 7.69. The van der Waals surface area contributed by atoms with E-state index < -0.39 is 0 Å². The number of halogens is 2. The third kappa shape index (κ3) is 4.12. The molecule has 1 heterocycles. The molecule has 0 saturated heterocycles. The SMILES string of the molecule is CCN(CC)C(=O)CNC(C)c1cc(Cl)sc1Cl. The first-order valence-corrected chi connectivity index (χ1v) is 7.52. The number of nitrogens with one attached hydrogen (secondary N) is 1. The predicted octanol–water partition coefficient (Wildman–Crippen LogP) is 3.57.